The van der Waals surface area contributed by atoms with Gasteiger partial charge in [0.15, 0.2) is 0 Å². The van der Waals surface area contributed by atoms with E-state index in [1.165, 1.54) is 12.8 Å². The Kier molecular flexibility index (Phi) is 10.1. The second-order valence-corrected chi connectivity index (χ2v) is 6.41. The van der Waals surface area contributed by atoms with E-state index in [0.717, 1.165) is 38.5 Å². The number of carbonyl (C=O) groups is 2. The van der Waals surface area contributed by atoms with Crippen LogP contribution >= 0.6 is 0 Å². The van der Waals surface area contributed by atoms with Gasteiger partial charge in [0.1, 0.15) is 0 Å². The molecule has 0 aliphatic heterocycles. The fourth-order valence-corrected chi connectivity index (χ4v) is 3.37. The van der Waals surface area contributed by atoms with Gasteiger partial charge in [0.2, 0.25) is 0 Å². The molecule has 2 rings (SSSR count). The fourth-order valence-electron chi connectivity index (χ4n) is 3.37. The summed E-state index contributed by atoms with van der Waals surface area (Å²) in [6.45, 7) is 4.08. The van der Waals surface area contributed by atoms with E-state index < -0.39 is 11.9 Å². The monoisotopic (exact) mass is 348 g/mol. The largest absolute Gasteiger partial charge is 0.481 e. The Balaban J connectivity index is 0.000000364. The van der Waals surface area contributed by atoms with Gasteiger partial charge in [-0.1, -0.05) is 39.5 Å². The molecule has 118 valence electrons. The molecule has 5 heteroatoms. The normalized spacial score (nSPS) is 32.1. The summed E-state index contributed by atoms with van der Waals surface area (Å²) in [5.74, 6) is -0.542. The van der Waals surface area contributed by atoms with Crippen molar-refractivity contribution in [3.05, 3.63) is 0 Å². The number of rotatable bonds is 2. The van der Waals surface area contributed by atoms with Gasteiger partial charge in [-0.3, -0.25) is 9.59 Å². The molecule has 4 nitrogen and oxygen atoms in total. The maximum atomic E-state index is 10.6. The first-order valence-corrected chi connectivity index (χ1v) is 7.89. The van der Waals surface area contributed by atoms with Crippen LogP contribution in [0.1, 0.15) is 65.2 Å². The van der Waals surface area contributed by atoms with Crippen LogP contribution in [-0.4, -0.2) is 22.2 Å². The Morgan fingerprint density at radius 3 is 1.19 bits per heavy atom. The predicted octanol–water partition coefficient (Wildman–Crippen LogP) is 3.79. The van der Waals surface area contributed by atoms with E-state index in [0.29, 0.717) is 11.8 Å². The molecule has 21 heavy (non-hydrogen) atoms. The minimum Gasteiger partial charge on any atom is -0.481 e. The SMILES string of the molecule is CC1CCCCC1C(=O)O.CC1CCCCC1C(=O)O.[Zn]. The average Bonchev–Trinajstić information content (AvgIpc) is 2.40. The van der Waals surface area contributed by atoms with Gasteiger partial charge in [0, 0.05) is 19.5 Å². The van der Waals surface area contributed by atoms with E-state index in [1.807, 2.05) is 13.8 Å². The summed E-state index contributed by atoms with van der Waals surface area (Å²) >= 11 is 0. The molecule has 4 atom stereocenters. The summed E-state index contributed by atoms with van der Waals surface area (Å²) < 4.78 is 0. The number of carboxylic acids is 2. The molecular formula is C16H28O4Zn. The van der Waals surface area contributed by atoms with Crippen LogP contribution in [0, 0.1) is 23.7 Å². The second kappa shape index (κ2) is 10.3. The standard InChI is InChI=1S/2C8H14O2.Zn/c2*1-6-4-2-3-5-7(6)8(9)10;/h2*6-7H,2-5H2,1H3,(H,9,10);. The zero-order valence-corrected chi connectivity index (χ0v) is 16.4. The van der Waals surface area contributed by atoms with Crippen molar-refractivity contribution >= 4 is 11.9 Å². The van der Waals surface area contributed by atoms with E-state index in [2.05, 4.69) is 0 Å². The van der Waals surface area contributed by atoms with Crippen molar-refractivity contribution in [1.82, 2.24) is 0 Å². The summed E-state index contributed by atoms with van der Waals surface area (Å²) in [7, 11) is 0. The van der Waals surface area contributed by atoms with E-state index >= 15 is 0 Å². The average molecular weight is 350 g/mol. The number of aliphatic carboxylic acids is 2. The van der Waals surface area contributed by atoms with Crippen LogP contribution in [0.3, 0.4) is 0 Å². The summed E-state index contributed by atoms with van der Waals surface area (Å²) in [4.78, 5) is 21.1. The Morgan fingerprint density at radius 2 is 1.00 bits per heavy atom. The van der Waals surface area contributed by atoms with Crippen LogP contribution in [0.5, 0.6) is 0 Å². The molecule has 0 spiro atoms. The molecule has 0 radical (unpaired) electrons. The first kappa shape index (κ1) is 20.6. The molecule has 0 aromatic carbocycles. The van der Waals surface area contributed by atoms with Crippen molar-refractivity contribution < 1.29 is 39.3 Å². The molecule has 2 aliphatic carbocycles. The van der Waals surface area contributed by atoms with Gasteiger partial charge in [-0.15, -0.1) is 0 Å². The molecule has 2 aliphatic rings. The molecule has 0 aromatic heterocycles. The van der Waals surface area contributed by atoms with Crippen LogP contribution in [0.2, 0.25) is 0 Å². The molecule has 2 saturated carbocycles. The maximum Gasteiger partial charge on any atom is 0.306 e. The Labute approximate surface area is 140 Å². The molecule has 0 heterocycles. The third-order valence-electron chi connectivity index (χ3n) is 4.86. The summed E-state index contributed by atoms with van der Waals surface area (Å²) in [6.07, 6.45) is 8.58. The Hall–Kier alpha value is -0.437. The minimum absolute atomic E-state index is 0. The number of hydrogen-bond acceptors (Lipinski definition) is 2. The second-order valence-electron chi connectivity index (χ2n) is 6.41. The smallest absolute Gasteiger partial charge is 0.306 e. The van der Waals surface area contributed by atoms with Crippen LogP contribution in [0.4, 0.5) is 0 Å². The van der Waals surface area contributed by atoms with Crippen molar-refractivity contribution in [2.24, 2.45) is 23.7 Å². The van der Waals surface area contributed by atoms with Crippen LogP contribution in [0.25, 0.3) is 0 Å². The summed E-state index contributed by atoms with van der Waals surface area (Å²) in [5.41, 5.74) is 0. The van der Waals surface area contributed by atoms with Gasteiger partial charge in [-0.25, -0.2) is 0 Å². The number of hydrogen-bond donors (Lipinski definition) is 2. The van der Waals surface area contributed by atoms with Gasteiger partial charge in [-0.2, -0.15) is 0 Å². The van der Waals surface area contributed by atoms with E-state index in [1.54, 1.807) is 0 Å². The van der Waals surface area contributed by atoms with Crippen molar-refractivity contribution in [3.8, 4) is 0 Å². The fraction of sp³-hybridized carbons (Fsp3) is 0.875. The van der Waals surface area contributed by atoms with Crippen LogP contribution in [0.15, 0.2) is 0 Å². The molecule has 4 unspecified atom stereocenters. The molecular weight excluding hydrogens is 322 g/mol. The van der Waals surface area contributed by atoms with E-state index in [-0.39, 0.29) is 31.3 Å². The first-order chi connectivity index (χ1) is 9.43. The van der Waals surface area contributed by atoms with Crippen LogP contribution < -0.4 is 0 Å². The topological polar surface area (TPSA) is 74.6 Å². The summed E-state index contributed by atoms with van der Waals surface area (Å²) in [6, 6.07) is 0. The zero-order valence-electron chi connectivity index (χ0n) is 13.4. The van der Waals surface area contributed by atoms with Crippen molar-refractivity contribution in [1.29, 1.82) is 0 Å². The van der Waals surface area contributed by atoms with Crippen molar-refractivity contribution in [2.75, 3.05) is 0 Å². The maximum absolute atomic E-state index is 10.6. The van der Waals surface area contributed by atoms with E-state index in [4.69, 9.17) is 10.2 Å². The van der Waals surface area contributed by atoms with Crippen molar-refractivity contribution in [3.63, 3.8) is 0 Å². The Bertz CT molecular complexity index is 300. The molecule has 0 bridgehead atoms. The molecule has 0 aromatic rings. The van der Waals surface area contributed by atoms with Gasteiger partial charge < -0.3 is 10.2 Å². The minimum atomic E-state index is -0.604. The van der Waals surface area contributed by atoms with Gasteiger partial charge in [0.05, 0.1) is 11.8 Å². The summed E-state index contributed by atoms with van der Waals surface area (Å²) in [5, 5.41) is 17.4. The van der Waals surface area contributed by atoms with Gasteiger partial charge >= 0.3 is 11.9 Å². The first-order valence-electron chi connectivity index (χ1n) is 7.89. The third kappa shape index (κ3) is 6.90. The van der Waals surface area contributed by atoms with Crippen molar-refractivity contribution in [2.45, 2.75) is 65.2 Å². The van der Waals surface area contributed by atoms with Gasteiger partial charge in [-0.05, 0) is 37.5 Å². The van der Waals surface area contributed by atoms with E-state index in [9.17, 15) is 9.59 Å². The molecule has 0 saturated heterocycles. The molecule has 2 fully saturated rings. The van der Waals surface area contributed by atoms with Crippen LogP contribution in [-0.2, 0) is 29.1 Å². The number of carboxylic acid groups (broad SMARTS) is 2. The molecule has 2 N–H and O–H groups in total. The zero-order chi connectivity index (χ0) is 15.1. The third-order valence-corrected chi connectivity index (χ3v) is 4.86. The predicted molar refractivity (Wildman–Crippen MR) is 77.5 cm³/mol. The molecule has 0 amide bonds. The Morgan fingerprint density at radius 1 is 0.714 bits per heavy atom. The quantitative estimate of drug-likeness (QED) is 0.744. The van der Waals surface area contributed by atoms with Gasteiger partial charge in [0.25, 0.3) is 0 Å².